The summed E-state index contributed by atoms with van der Waals surface area (Å²) in [5.74, 6) is -0.136. The smallest absolute Gasteiger partial charge is 0.257 e. The van der Waals surface area contributed by atoms with Gasteiger partial charge in [-0.15, -0.1) is 11.3 Å². The Labute approximate surface area is 232 Å². The molecule has 0 saturated carbocycles. The van der Waals surface area contributed by atoms with Crippen molar-refractivity contribution in [1.82, 2.24) is 19.7 Å². The first-order valence-corrected chi connectivity index (χ1v) is 14.2. The van der Waals surface area contributed by atoms with E-state index in [0.29, 0.717) is 29.8 Å². The first-order chi connectivity index (χ1) is 19.1. The highest BCUT2D eigenvalue weighted by atomic mass is 32.1. The fraction of sp³-hybridized carbons (Fsp3) is 0.333. The number of rotatable bonds is 8. The molecule has 2 aliphatic rings. The monoisotopic (exact) mass is 540 g/mol. The van der Waals surface area contributed by atoms with Crippen LogP contribution in [0.5, 0.6) is 0 Å². The van der Waals surface area contributed by atoms with Crippen LogP contribution in [-0.4, -0.2) is 64.6 Å². The summed E-state index contributed by atoms with van der Waals surface area (Å²) in [6.45, 7) is 8.38. The molecule has 1 aliphatic carbocycles. The predicted molar refractivity (Wildman–Crippen MR) is 155 cm³/mol. The average molecular weight is 541 g/mol. The van der Waals surface area contributed by atoms with E-state index in [2.05, 4.69) is 51.3 Å². The second kappa shape index (κ2) is 11.6. The van der Waals surface area contributed by atoms with Crippen molar-refractivity contribution in [2.24, 2.45) is 4.99 Å². The van der Waals surface area contributed by atoms with Crippen molar-refractivity contribution in [2.45, 2.75) is 38.4 Å². The highest BCUT2D eigenvalue weighted by molar-refractivity contribution is 7.15. The highest BCUT2D eigenvalue weighted by Crippen LogP contribution is 2.32. The van der Waals surface area contributed by atoms with E-state index >= 15 is 0 Å². The van der Waals surface area contributed by atoms with Crippen LogP contribution in [0.15, 0.2) is 65.9 Å². The van der Waals surface area contributed by atoms with Gasteiger partial charge < -0.3 is 4.74 Å². The Bertz CT molecular complexity index is 1450. The fourth-order valence-electron chi connectivity index (χ4n) is 5.36. The summed E-state index contributed by atoms with van der Waals surface area (Å²) in [5.41, 5.74) is 6.04. The number of amides is 1. The number of thiazole rings is 1. The van der Waals surface area contributed by atoms with Gasteiger partial charge in [0.2, 0.25) is 0 Å². The maximum Gasteiger partial charge on any atom is 0.257 e. The summed E-state index contributed by atoms with van der Waals surface area (Å²) in [4.78, 5) is 25.6. The molecule has 0 unspecified atom stereocenters. The van der Waals surface area contributed by atoms with Gasteiger partial charge in [-0.05, 0) is 54.8 Å². The lowest BCUT2D eigenvalue weighted by Gasteiger charge is -2.36. The number of carbonyl (C=O) groups is 1. The molecule has 0 radical (unpaired) electrons. The second-order valence-electron chi connectivity index (χ2n) is 10.1. The quantitative estimate of drug-likeness (QED) is 0.328. The third kappa shape index (κ3) is 6.00. The maximum absolute atomic E-state index is 13.1. The number of aliphatic imine (C=N–C) groups is 1. The van der Waals surface area contributed by atoms with Crippen molar-refractivity contribution < 1.29 is 9.53 Å². The van der Waals surface area contributed by atoms with E-state index in [0.717, 1.165) is 73.5 Å². The Hall–Kier alpha value is -3.66. The SMILES string of the molecule is C=NCc1ccc(-c2cnn(Cc3cccc(C(=O)Nc4nc5c(s4)C[C@@H](N4CCOCC4)CC5)c3)c2)cc1. The van der Waals surface area contributed by atoms with Crippen molar-refractivity contribution in [3.63, 3.8) is 0 Å². The van der Waals surface area contributed by atoms with Crippen molar-refractivity contribution in [2.75, 3.05) is 31.6 Å². The molecule has 2 aromatic heterocycles. The molecule has 1 amide bonds. The van der Waals surface area contributed by atoms with Gasteiger partial charge in [0.25, 0.3) is 5.91 Å². The van der Waals surface area contributed by atoms with Crippen LogP contribution >= 0.6 is 11.3 Å². The highest BCUT2D eigenvalue weighted by Gasteiger charge is 2.28. The standard InChI is InChI=1S/C30H32N6O2S/c1-31-17-21-5-7-23(8-6-21)25-18-32-36(20-25)19-22-3-2-4-24(15-22)29(37)34-30-33-27-10-9-26(16-28(27)39-30)35-11-13-38-14-12-35/h2-8,15,18,20,26H,1,9-14,16-17,19H2,(H,33,34,37)/t26-/m0/s1. The Morgan fingerprint density at radius 1 is 1.13 bits per heavy atom. The number of ether oxygens (including phenoxy) is 1. The number of nitrogens with zero attached hydrogens (tertiary/aromatic N) is 5. The number of nitrogens with one attached hydrogen (secondary N) is 1. The molecule has 9 heteroatoms. The number of morpholine rings is 1. The van der Waals surface area contributed by atoms with E-state index in [4.69, 9.17) is 9.72 Å². The Morgan fingerprint density at radius 2 is 1.97 bits per heavy atom. The summed E-state index contributed by atoms with van der Waals surface area (Å²) < 4.78 is 7.41. The van der Waals surface area contributed by atoms with E-state index < -0.39 is 0 Å². The van der Waals surface area contributed by atoms with Gasteiger partial charge in [-0.3, -0.25) is 24.7 Å². The summed E-state index contributed by atoms with van der Waals surface area (Å²) in [6, 6.07) is 16.5. The minimum Gasteiger partial charge on any atom is -0.379 e. The molecular weight excluding hydrogens is 508 g/mol. The van der Waals surface area contributed by atoms with Crippen LogP contribution in [0, 0.1) is 0 Å². The number of fused-ring (bicyclic) bond motifs is 1. The van der Waals surface area contributed by atoms with Gasteiger partial charge in [0, 0.05) is 41.3 Å². The number of anilines is 1. The van der Waals surface area contributed by atoms with Crippen molar-refractivity contribution in [1.29, 1.82) is 0 Å². The van der Waals surface area contributed by atoms with E-state index in [1.165, 1.54) is 4.88 Å². The van der Waals surface area contributed by atoms with Crippen LogP contribution < -0.4 is 5.32 Å². The van der Waals surface area contributed by atoms with Gasteiger partial charge in [-0.1, -0.05) is 36.4 Å². The summed E-state index contributed by atoms with van der Waals surface area (Å²) in [7, 11) is 0. The number of benzene rings is 2. The number of hydrogen-bond donors (Lipinski definition) is 1. The molecule has 8 nitrogen and oxygen atoms in total. The number of carbonyl (C=O) groups excluding carboxylic acids is 1. The van der Waals surface area contributed by atoms with E-state index in [1.54, 1.807) is 11.3 Å². The molecule has 200 valence electrons. The minimum atomic E-state index is -0.136. The first kappa shape index (κ1) is 25.6. The lowest BCUT2D eigenvalue weighted by atomic mass is 9.96. The lowest BCUT2D eigenvalue weighted by Crippen LogP contribution is -2.45. The summed E-state index contributed by atoms with van der Waals surface area (Å²) in [5, 5.41) is 8.26. The maximum atomic E-state index is 13.1. The Kier molecular flexibility index (Phi) is 7.62. The average Bonchev–Trinajstić information content (AvgIpc) is 3.60. The Balaban J connectivity index is 1.09. The van der Waals surface area contributed by atoms with Crippen molar-refractivity contribution in [3.8, 4) is 11.1 Å². The topological polar surface area (TPSA) is 84.6 Å². The van der Waals surface area contributed by atoms with Gasteiger partial charge in [-0.2, -0.15) is 5.10 Å². The zero-order chi connectivity index (χ0) is 26.6. The molecule has 39 heavy (non-hydrogen) atoms. The summed E-state index contributed by atoms with van der Waals surface area (Å²) >= 11 is 1.61. The van der Waals surface area contributed by atoms with Crippen LogP contribution in [-0.2, 0) is 30.7 Å². The molecule has 1 atom stereocenters. The molecule has 1 fully saturated rings. The van der Waals surface area contributed by atoms with Gasteiger partial charge in [0.1, 0.15) is 0 Å². The molecule has 0 bridgehead atoms. The van der Waals surface area contributed by atoms with Crippen LogP contribution in [0.2, 0.25) is 0 Å². The van der Waals surface area contributed by atoms with Crippen molar-refractivity contribution >= 4 is 29.1 Å². The molecule has 1 N–H and O–H groups in total. The van der Waals surface area contributed by atoms with Gasteiger partial charge in [0.05, 0.1) is 38.2 Å². The van der Waals surface area contributed by atoms with E-state index in [-0.39, 0.29) is 5.91 Å². The van der Waals surface area contributed by atoms with Gasteiger partial charge >= 0.3 is 0 Å². The normalized spacial score (nSPS) is 17.5. The molecule has 6 rings (SSSR count). The van der Waals surface area contributed by atoms with Crippen LogP contribution in [0.4, 0.5) is 5.13 Å². The fourth-order valence-corrected chi connectivity index (χ4v) is 6.44. The molecule has 1 saturated heterocycles. The third-order valence-corrected chi connectivity index (χ3v) is 8.48. The number of aryl methyl sites for hydroxylation is 1. The van der Waals surface area contributed by atoms with Crippen LogP contribution in [0.25, 0.3) is 11.1 Å². The molecule has 4 aromatic rings. The first-order valence-electron chi connectivity index (χ1n) is 13.4. The van der Waals surface area contributed by atoms with Crippen LogP contribution in [0.1, 0.15) is 38.5 Å². The molecule has 2 aromatic carbocycles. The van der Waals surface area contributed by atoms with Crippen molar-refractivity contribution in [3.05, 3.63) is 88.2 Å². The third-order valence-electron chi connectivity index (χ3n) is 7.44. The lowest BCUT2D eigenvalue weighted by molar-refractivity contribution is 0.0139. The zero-order valence-corrected chi connectivity index (χ0v) is 22.7. The number of aromatic nitrogens is 3. The van der Waals surface area contributed by atoms with E-state index in [9.17, 15) is 4.79 Å². The number of hydrogen-bond acceptors (Lipinski definition) is 7. The van der Waals surface area contributed by atoms with Gasteiger partial charge in [0.15, 0.2) is 5.13 Å². The van der Waals surface area contributed by atoms with Gasteiger partial charge in [-0.25, -0.2) is 4.98 Å². The molecule has 0 spiro atoms. The second-order valence-corrected chi connectivity index (χ2v) is 11.2. The zero-order valence-electron chi connectivity index (χ0n) is 21.9. The van der Waals surface area contributed by atoms with E-state index in [1.807, 2.05) is 41.3 Å². The summed E-state index contributed by atoms with van der Waals surface area (Å²) in [6.07, 6.45) is 6.96. The molecule has 1 aliphatic heterocycles. The predicted octanol–water partition coefficient (Wildman–Crippen LogP) is 4.70. The minimum absolute atomic E-state index is 0.136. The largest absolute Gasteiger partial charge is 0.379 e. The molecular formula is C30H32N6O2S. The van der Waals surface area contributed by atoms with Crippen LogP contribution in [0.3, 0.4) is 0 Å². The molecule has 3 heterocycles. The Morgan fingerprint density at radius 3 is 2.79 bits per heavy atom.